The van der Waals surface area contributed by atoms with E-state index in [1.54, 1.807) is 0 Å². The summed E-state index contributed by atoms with van der Waals surface area (Å²) in [7, 11) is 0. The predicted octanol–water partition coefficient (Wildman–Crippen LogP) is 4.77. The molecule has 1 heterocycles. The van der Waals surface area contributed by atoms with Gasteiger partial charge in [-0.05, 0) is 61.3 Å². The minimum absolute atomic E-state index is 0.0325. The lowest BCUT2D eigenvalue weighted by atomic mass is 9.52. The van der Waals surface area contributed by atoms with Gasteiger partial charge in [-0.1, -0.05) is 31.9 Å². The summed E-state index contributed by atoms with van der Waals surface area (Å²) in [6.07, 6.45) is 13.3. The van der Waals surface area contributed by atoms with E-state index in [0.717, 1.165) is 32.0 Å². The van der Waals surface area contributed by atoms with Crippen molar-refractivity contribution < 1.29 is 14.3 Å². The van der Waals surface area contributed by atoms with Gasteiger partial charge in [0.1, 0.15) is 6.29 Å². The first-order valence-corrected chi connectivity index (χ1v) is 9.75. The number of allylic oxidation sites excluding steroid dienone is 1. The van der Waals surface area contributed by atoms with Gasteiger partial charge >= 0.3 is 0 Å². The van der Waals surface area contributed by atoms with Gasteiger partial charge in [0, 0.05) is 12.3 Å². The highest BCUT2D eigenvalue weighted by atomic mass is 16.7. The number of rotatable bonds is 3. The van der Waals surface area contributed by atoms with Gasteiger partial charge in [-0.15, -0.1) is 0 Å². The molecule has 5 atom stereocenters. The number of ether oxygens (including phenoxy) is 2. The number of hydrogen-bond donors (Lipinski definition) is 0. The van der Waals surface area contributed by atoms with Gasteiger partial charge in [0.2, 0.25) is 6.29 Å². The Hall–Kier alpha value is -1.09. The number of fused-ring (bicyclic) bond motifs is 3. The van der Waals surface area contributed by atoms with Gasteiger partial charge in [-0.3, -0.25) is 0 Å². The molecular weight excluding hydrogens is 300 g/mol. The fraction of sp³-hybridized carbons (Fsp3) is 0.762. The smallest absolute Gasteiger partial charge is 0.202 e. The molecule has 3 heteroatoms. The summed E-state index contributed by atoms with van der Waals surface area (Å²) in [6, 6.07) is 0. The van der Waals surface area contributed by atoms with Crippen LogP contribution in [0.5, 0.6) is 0 Å². The summed E-state index contributed by atoms with van der Waals surface area (Å²) < 4.78 is 12.5. The van der Waals surface area contributed by atoms with Gasteiger partial charge in [-0.2, -0.15) is 0 Å². The molecule has 0 aromatic carbocycles. The van der Waals surface area contributed by atoms with Crippen LogP contribution in [0.1, 0.15) is 64.7 Å². The molecule has 0 saturated heterocycles. The summed E-state index contributed by atoms with van der Waals surface area (Å²) in [5.74, 6) is 1.35. The molecule has 0 spiro atoms. The SMILES string of the molecule is C=C1CCC2C3=CO[C@@H](C4CCCC4)O[C@@H]3CC[C@@]2(C)[C@@H]1CC=O. The van der Waals surface area contributed by atoms with E-state index in [4.69, 9.17) is 9.47 Å². The van der Waals surface area contributed by atoms with Crippen molar-refractivity contribution in [2.75, 3.05) is 0 Å². The molecule has 0 aromatic heterocycles. The Kier molecular flexibility index (Phi) is 4.32. The molecule has 3 saturated carbocycles. The first kappa shape index (κ1) is 16.4. The Balaban J connectivity index is 1.56. The molecule has 3 aliphatic carbocycles. The average Bonchev–Trinajstić information content (AvgIpc) is 3.12. The Morgan fingerprint density at radius 1 is 1.29 bits per heavy atom. The largest absolute Gasteiger partial charge is 0.472 e. The molecule has 0 bridgehead atoms. The van der Waals surface area contributed by atoms with Crippen molar-refractivity contribution in [3.63, 3.8) is 0 Å². The van der Waals surface area contributed by atoms with Crippen LogP contribution in [0.4, 0.5) is 0 Å². The van der Waals surface area contributed by atoms with Gasteiger partial charge < -0.3 is 14.3 Å². The third-order valence-corrected chi connectivity index (χ3v) is 7.31. The minimum Gasteiger partial charge on any atom is -0.472 e. The minimum atomic E-state index is -0.0325. The van der Waals surface area contributed by atoms with Crippen molar-refractivity contribution in [3.8, 4) is 0 Å². The molecule has 0 amide bonds. The molecule has 0 N–H and O–H groups in total. The number of carbonyl (C=O) groups excluding carboxylic acids is 1. The van der Waals surface area contributed by atoms with Crippen molar-refractivity contribution in [2.45, 2.75) is 77.1 Å². The Bertz CT molecular complexity index is 545. The summed E-state index contributed by atoms with van der Waals surface area (Å²) in [5.41, 5.74) is 2.74. The Morgan fingerprint density at radius 3 is 2.83 bits per heavy atom. The second-order valence-electron chi connectivity index (χ2n) is 8.54. The van der Waals surface area contributed by atoms with Crippen LogP contribution < -0.4 is 0 Å². The van der Waals surface area contributed by atoms with E-state index in [2.05, 4.69) is 13.5 Å². The van der Waals surface area contributed by atoms with Crippen LogP contribution in [0.2, 0.25) is 0 Å². The van der Waals surface area contributed by atoms with Crippen LogP contribution >= 0.6 is 0 Å². The number of carbonyl (C=O) groups is 1. The normalized spacial score (nSPS) is 42.7. The van der Waals surface area contributed by atoms with Crippen LogP contribution in [0, 0.1) is 23.2 Å². The Morgan fingerprint density at radius 2 is 2.08 bits per heavy atom. The van der Waals surface area contributed by atoms with Crippen LogP contribution in [0.15, 0.2) is 24.0 Å². The lowest BCUT2D eigenvalue weighted by Crippen LogP contribution is -2.49. The van der Waals surface area contributed by atoms with Crippen LogP contribution in [0.3, 0.4) is 0 Å². The van der Waals surface area contributed by atoms with E-state index in [1.165, 1.54) is 36.8 Å². The summed E-state index contributed by atoms with van der Waals surface area (Å²) in [4.78, 5) is 11.2. The maximum atomic E-state index is 11.2. The molecule has 0 aromatic rings. The fourth-order valence-corrected chi connectivity index (χ4v) is 5.90. The van der Waals surface area contributed by atoms with Crippen molar-refractivity contribution in [2.24, 2.45) is 23.2 Å². The van der Waals surface area contributed by atoms with E-state index in [-0.39, 0.29) is 17.8 Å². The predicted molar refractivity (Wildman–Crippen MR) is 93.2 cm³/mol. The molecule has 3 nitrogen and oxygen atoms in total. The van der Waals surface area contributed by atoms with Crippen LogP contribution in [0.25, 0.3) is 0 Å². The van der Waals surface area contributed by atoms with Crippen LogP contribution in [-0.2, 0) is 14.3 Å². The second-order valence-corrected chi connectivity index (χ2v) is 8.54. The van der Waals surface area contributed by atoms with Gasteiger partial charge in [0.15, 0.2) is 0 Å². The van der Waals surface area contributed by atoms with Gasteiger partial charge in [-0.25, -0.2) is 0 Å². The topological polar surface area (TPSA) is 35.5 Å². The van der Waals surface area contributed by atoms with Crippen LogP contribution in [-0.4, -0.2) is 18.7 Å². The average molecular weight is 330 g/mol. The second kappa shape index (κ2) is 6.33. The zero-order valence-electron chi connectivity index (χ0n) is 14.8. The van der Waals surface area contributed by atoms with E-state index in [1.807, 2.05) is 6.26 Å². The summed E-state index contributed by atoms with van der Waals surface area (Å²) in [5, 5.41) is 0. The Labute approximate surface area is 145 Å². The molecule has 4 aliphatic rings. The molecular formula is C21H30O3. The summed E-state index contributed by atoms with van der Waals surface area (Å²) in [6.45, 7) is 6.64. The lowest BCUT2D eigenvalue weighted by molar-refractivity contribution is -0.192. The maximum Gasteiger partial charge on any atom is 0.202 e. The highest BCUT2D eigenvalue weighted by Gasteiger charge is 2.52. The summed E-state index contributed by atoms with van der Waals surface area (Å²) >= 11 is 0. The third-order valence-electron chi connectivity index (χ3n) is 7.31. The van der Waals surface area contributed by atoms with Crippen molar-refractivity contribution in [1.82, 2.24) is 0 Å². The van der Waals surface area contributed by atoms with Crippen molar-refractivity contribution in [1.29, 1.82) is 0 Å². The molecule has 1 unspecified atom stereocenters. The zero-order valence-corrected chi connectivity index (χ0v) is 14.8. The van der Waals surface area contributed by atoms with Gasteiger partial charge in [0.05, 0.1) is 12.4 Å². The monoisotopic (exact) mass is 330 g/mol. The van der Waals surface area contributed by atoms with E-state index >= 15 is 0 Å². The van der Waals surface area contributed by atoms with Crippen molar-refractivity contribution >= 4 is 6.29 Å². The molecule has 24 heavy (non-hydrogen) atoms. The fourth-order valence-electron chi connectivity index (χ4n) is 5.90. The highest BCUT2D eigenvalue weighted by Crippen LogP contribution is 2.58. The van der Waals surface area contributed by atoms with E-state index < -0.39 is 0 Å². The molecule has 3 fully saturated rings. The molecule has 0 radical (unpaired) electrons. The highest BCUT2D eigenvalue weighted by molar-refractivity contribution is 5.51. The number of hydrogen-bond acceptors (Lipinski definition) is 3. The maximum absolute atomic E-state index is 11.2. The van der Waals surface area contributed by atoms with E-state index in [0.29, 0.717) is 24.2 Å². The lowest BCUT2D eigenvalue weighted by Gasteiger charge is -2.55. The zero-order chi connectivity index (χ0) is 16.7. The van der Waals surface area contributed by atoms with Crippen molar-refractivity contribution in [3.05, 3.63) is 24.0 Å². The third kappa shape index (κ3) is 2.56. The molecule has 1 aliphatic heterocycles. The van der Waals surface area contributed by atoms with Gasteiger partial charge in [0.25, 0.3) is 0 Å². The first-order valence-electron chi connectivity index (χ1n) is 9.75. The molecule has 132 valence electrons. The van der Waals surface area contributed by atoms with E-state index in [9.17, 15) is 4.79 Å². The number of aldehydes is 1. The standard InChI is InChI=1S/C21H30O3/c1-14-7-8-18-16-13-23-20(15-5-3-4-6-15)24-19(16)9-11-21(18,2)17(14)10-12-22/h12-13,15,17-20H,1,3-11H2,2H3/t17-,18?,19-,20-,21+/m1/s1. The quantitative estimate of drug-likeness (QED) is 0.552. The first-order chi connectivity index (χ1) is 11.6. The molecule has 4 rings (SSSR count).